The van der Waals surface area contributed by atoms with Crippen LogP contribution in [0.15, 0.2) is 12.3 Å². The average molecular weight is 260 g/mol. The molecule has 1 rings (SSSR count). The van der Waals surface area contributed by atoms with Crippen LogP contribution >= 0.6 is 11.6 Å². The number of rotatable bonds is 5. The van der Waals surface area contributed by atoms with Crippen LogP contribution in [0.4, 0.5) is 0 Å². The Bertz CT molecular complexity index is 430. The van der Waals surface area contributed by atoms with Crippen LogP contribution < -0.4 is 11.1 Å². The predicted molar refractivity (Wildman–Crippen MR) is 62.7 cm³/mol. The van der Waals surface area contributed by atoms with Gasteiger partial charge in [0.05, 0.1) is 11.6 Å². The monoisotopic (exact) mass is 259 g/mol. The van der Waals surface area contributed by atoms with Gasteiger partial charge in [-0.1, -0.05) is 11.6 Å². The molecule has 0 saturated heterocycles. The van der Waals surface area contributed by atoms with Gasteiger partial charge < -0.3 is 20.7 Å². The Balaban J connectivity index is 2.66. The Kier molecular flexibility index (Phi) is 4.53. The Morgan fingerprint density at radius 3 is 2.82 bits per heavy atom. The first-order valence-corrected chi connectivity index (χ1v) is 5.44. The van der Waals surface area contributed by atoms with Crippen molar-refractivity contribution in [3.63, 3.8) is 0 Å². The van der Waals surface area contributed by atoms with Crippen molar-refractivity contribution in [2.45, 2.75) is 19.6 Å². The molecule has 7 heteroatoms. The van der Waals surface area contributed by atoms with Crippen molar-refractivity contribution in [1.82, 2.24) is 9.88 Å². The second kappa shape index (κ2) is 5.70. The van der Waals surface area contributed by atoms with Gasteiger partial charge in [-0.3, -0.25) is 9.59 Å². The summed E-state index contributed by atoms with van der Waals surface area (Å²) in [6.45, 7) is 2.24. The van der Waals surface area contributed by atoms with Gasteiger partial charge in [-0.05, 0) is 13.0 Å². The van der Waals surface area contributed by atoms with Gasteiger partial charge in [0.15, 0.2) is 0 Å². The highest BCUT2D eigenvalue weighted by atomic mass is 35.5. The molecule has 2 amide bonds. The van der Waals surface area contributed by atoms with E-state index in [9.17, 15) is 9.59 Å². The van der Waals surface area contributed by atoms with E-state index in [1.807, 2.05) is 6.92 Å². The van der Waals surface area contributed by atoms with Gasteiger partial charge in [0.25, 0.3) is 5.91 Å². The summed E-state index contributed by atoms with van der Waals surface area (Å²) in [5.41, 5.74) is 5.22. The highest BCUT2D eigenvalue weighted by molar-refractivity contribution is 6.31. The van der Waals surface area contributed by atoms with Crippen molar-refractivity contribution in [3.05, 3.63) is 23.0 Å². The molecule has 4 N–H and O–H groups in total. The van der Waals surface area contributed by atoms with Crippen molar-refractivity contribution in [1.29, 1.82) is 0 Å². The van der Waals surface area contributed by atoms with Gasteiger partial charge in [0.2, 0.25) is 5.91 Å². The standard InChI is InChI=1S/C10H14ClN3O3/c1-2-14-5-6(11)3-7(14)10(17)13-4-8(15)9(12)16/h3,5,8,15H,2,4H2,1H3,(H2,12,16)(H,13,17). The highest BCUT2D eigenvalue weighted by Crippen LogP contribution is 2.13. The van der Waals surface area contributed by atoms with E-state index in [2.05, 4.69) is 5.32 Å². The average Bonchev–Trinajstić information content (AvgIpc) is 2.66. The molecular weight excluding hydrogens is 246 g/mol. The molecule has 0 saturated carbocycles. The van der Waals surface area contributed by atoms with Crippen LogP contribution in [-0.2, 0) is 11.3 Å². The summed E-state index contributed by atoms with van der Waals surface area (Å²) >= 11 is 5.78. The number of carbonyl (C=O) groups is 2. The molecule has 1 aromatic heterocycles. The molecule has 0 aliphatic rings. The minimum absolute atomic E-state index is 0.222. The number of halogens is 1. The lowest BCUT2D eigenvalue weighted by molar-refractivity contribution is -0.125. The minimum atomic E-state index is -1.39. The van der Waals surface area contributed by atoms with Gasteiger partial charge in [-0.2, -0.15) is 0 Å². The lowest BCUT2D eigenvalue weighted by Gasteiger charge is -2.09. The first kappa shape index (κ1) is 13.5. The molecule has 1 unspecified atom stereocenters. The molecule has 0 fully saturated rings. The largest absolute Gasteiger partial charge is 0.381 e. The summed E-state index contributed by atoms with van der Waals surface area (Å²) in [5, 5.41) is 12.0. The molecule has 1 aromatic rings. The maximum Gasteiger partial charge on any atom is 0.268 e. The third-order valence-corrected chi connectivity index (χ3v) is 2.43. The number of nitrogens with two attached hydrogens (primary N) is 1. The topological polar surface area (TPSA) is 97.3 Å². The van der Waals surface area contributed by atoms with Gasteiger partial charge in [-0.15, -0.1) is 0 Å². The third-order valence-electron chi connectivity index (χ3n) is 2.22. The normalized spacial score (nSPS) is 12.2. The van der Waals surface area contributed by atoms with Crippen LogP contribution in [0.25, 0.3) is 0 Å². The molecule has 1 heterocycles. The number of amides is 2. The molecule has 0 aliphatic carbocycles. The summed E-state index contributed by atoms with van der Waals surface area (Å²) in [6.07, 6.45) is 0.237. The molecule has 94 valence electrons. The van der Waals surface area contributed by atoms with E-state index in [-0.39, 0.29) is 6.54 Å². The number of aromatic nitrogens is 1. The molecule has 0 aliphatic heterocycles. The van der Waals surface area contributed by atoms with Crippen molar-refractivity contribution in [3.8, 4) is 0 Å². The van der Waals surface area contributed by atoms with Gasteiger partial charge in [0, 0.05) is 12.7 Å². The first-order chi connectivity index (χ1) is 7.95. The number of aliphatic hydroxyl groups is 1. The van der Waals surface area contributed by atoms with Crippen molar-refractivity contribution in [2.24, 2.45) is 5.73 Å². The van der Waals surface area contributed by atoms with Crippen LogP contribution in [0.3, 0.4) is 0 Å². The Morgan fingerprint density at radius 2 is 2.29 bits per heavy atom. The van der Waals surface area contributed by atoms with Crippen LogP contribution in [-0.4, -0.2) is 34.1 Å². The van der Waals surface area contributed by atoms with Crippen LogP contribution in [0.2, 0.25) is 5.02 Å². The van der Waals surface area contributed by atoms with Gasteiger partial charge in [0.1, 0.15) is 11.8 Å². The number of carbonyl (C=O) groups excluding carboxylic acids is 2. The van der Waals surface area contributed by atoms with E-state index in [0.717, 1.165) is 0 Å². The summed E-state index contributed by atoms with van der Waals surface area (Å²) in [5.74, 6) is -1.30. The number of nitrogens with one attached hydrogen (secondary N) is 1. The van der Waals surface area contributed by atoms with E-state index in [1.54, 1.807) is 10.8 Å². The summed E-state index contributed by atoms with van der Waals surface area (Å²) in [4.78, 5) is 22.3. The Morgan fingerprint density at radius 1 is 1.65 bits per heavy atom. The summed E-state index contributed by atoms with van der Waals surface area (Å²) < 4.78 is 1.66. The zero-order valence-electron chi connectivity index (χ0n) is 9.31. The molecule has 17 heavy (non-hydrogen) atoms. The van der Waals surface area contributed by atoms with E-state index < -0.39 is 17.9 Å². The molecule has 0 radical (unpaired) electrons. The van der Waals surface area contributed by atoms with Crippen molar-refractivity contribution in [2.75, 3.05) is 6.54 Å². The Labute approximate surface area is 103 Å². The van der Waals surface area contributed by atoms with Crippen LogP contribution in [0.1, 0.15) is 17.4 Å². The number of aliphatic hydroxyl groups excluding tert-OH is 1. The maximum atomic E-state index is 11.7. The predicted octanol–water partition coefficient (Wildman–Crippen LogP) is -0.263. The number of nitrogens with zero attached hydrogens (tertiary/aromatic N) is 1. The zero-order valence-corrected chi connectivity index (χ0v) is 10.1. The fourth-order valence-electron chi connectivity index (χ4n) is 1.31. The highest BCUT2D eigenvalue weighted by Gasteiger charge is 2.16. The third kappa shape index (κ3) is 3.47. The first-order valence-electron chi connectivity index (χ1n) is 5.07. The molecule has 0 spiro atoms. The lowest BCUT2D eigenvalue weighted by Crippen LogP contribution is -2.40. The van der Waals surface area contributed by atoms with Crippen molar-refractivity contribution < 1.29 is 14.7 Å². The number of hydrogen-bond donors (Lipinski definition) is 3. The molecule has 0 aromatic carbocycles. The van der Waals surface area contributed by atoms with Gasteiger partial charge >= 0.3 is 0 Å². The second-order valence-electron chi connectivity index (χ2n) is 3.46. The lowest BCUT2D eigenvalue weighted by atomic mass is 10.3. The van der Waals surface area contributed by atoms with E-state index in [4.69, 9.17) is 22.4 Å². The van der Waals surface area contributed by atoms with Crippen LogP contribution in [0.5, 0.6) is 0 Å². The van der Waals surface area contributed by atoms with E-state index in [0.29, 0.717) is 17.3 Å². The smallest absolute Gasteiger partial charge is 0.268 e. The second-order valence-corrected chi connectivity index (χ2v) is 3.89. The summed E-state index contributed by atoms with van der Waals surface area (Å²) in [6, 6.07) is 1.51. The number of primary amides is 1. The molecule has 0 bridgehead atoms. The quantitative estimate of drug-likeness (QED) is 0.679. The molecular formula is C10H14ClN3O3. The van der Waals surface area contributed by atoms with E-state index in [1.165, 1.54) is 6.07 Å². The number of aryl methyl sites for hydroxylation is 1. The van der Waals surface area contributed by atoms with Crippen LogP contribution in [0, 0.1) is 0 Å². The molecule has 1 atom stereocenters. The summed E-state index contributed by atoms with van der Waals surface area (Å²) in [7, 11) is 0. The molecule has 6 nitrogen and oxygen atoms in total. The number of hydrogen-bond acceptors (Lipinski definition) is 3. The van der Waals surface area contributed by atoms with E-state index >= 15 is 0 Å². The minimum Gasteiger partial charge on any atom is -0.381 e. The van der Waals surface area contributed by atoms with Gasteiger partial charge in [-0.25, -0.2) is 0 Å². The zero-order chi connectivity index (χ0) is 13.0. The maximum absolute atomic E-state index is 11.7. The fourth-order valence-corrected chi connectivity index (χ4v) is 1.53. The SMILES string of the molecule is CCn1cc(Cl)cc1C(=O)NCC(O)C(N)=O. The Hall–Kier alpha value is -1.53. The fraction of sp³-hybridized carbons (Fsp3) is 0.400. The van der Waals surface area contributed by atoms with Crippen molar-refractivity contribution >= 4 is 23.4 Å².